The SMILES string of the molecule is CC(=O)N1CCN(C(=O)C(=O)Nc2cc(C)ccc2C)CC1. The number of nitrogens with one attached hydrogen (secondary N) is 1. The Morgan fingerprint density at radius 1 is 1.00 bits per heavy atom. The van der Waals surface area contributed by atoms with E-state index in [-0.39, 0.29) is 5.91 Å². The third-order valence-electron chi connectivity index (χ3n) is 3.85. The normalized spacial score (nSPS) is 14.7. The molecule has 0 unspecified atom stereocenters. The standard InChI is InChI=1S/C16H21N3O3/c1-11-4-5-12(2)14(10-11)17-15(21)16(22)19-8-6-18(7-9-19)13(3)20/h4-5,10H,6-9H2,1-3H3,(H,17,21). The minimum Gasteiger partial charge on any atom is -0.339 e. The molecule has 1 aliphatic rings. The maximum absolute atomic E-state index is 12.2. The average Bonchev–Trinajstić information content (AvgIpc) is 2.50. The van der Waals surface area contributed by atoms with Crippen LogP contribution < -0.4 is 5.32 Å². The summed E-state index contributed by atoms with van der Waals surface area (Å²) in [5.41, 5.74) is 2.58. The first-order chi connectivity index (χ1) is 10.4. The third-order valence-corrected chi connectivity index (χ3v) is 3.85. The molecule has 3 amide bonds. The van der Waals surface area contributed by atoms with Gasteiger partial charge in [-0.3, -0.25) is 14.4 Å². The molecule has 0 saturated carbocycles. The van der Waals surface area contributed by atoms with E-state index in [9.17, 15) is 14.4 Å². The first-order valence-corrected chi connectivity index (χ1v) is 7.31. The Morgan fingerprint density at radius 2 is 1.59 bits per heavy atom. The van der Waals surface area contributed by atoms with Gasteiger partial charge in [0.15, 0.2) is 0 Å². The number of anilines is 1. The molecule has 0 bridgehead atoms. The number of hydrogen-bond acceptors (Lipinski definition) is 3. The highest BCUT2D eigenvalue weighted by atomic mass is 16.2. The second-order valence-electron chi connectivity index (χ2n) is 5.57. The fourth-order valence-electron chi connectivity index (χ4n) is 2.41. The van der Waals surface area contributed by atoms with Crippen LogP contribution in [0.3, 0.4) is 0 Å². The smallest absolute Gasteiger partial charge is 0.313 e. The van der Waals surface area contributed by atoms with Gasteiger partial charge in [0, 0.05) is 38.8 Å². The van der Waals surface area contributed by atoms with Crippen LogP contribution in [0, 0.1) is 13.8 Å². The van der Waals surface area contributed by atoms with Crippen LogP contribution in [0.5, 0.6) is 0 Å². The van der Waals surface area contributed by atoms with Crippen molar-refractivity contribution in [2.75, 3.05) is 31.5 Å². The molecular formula is C16H21N3O3. The molecule has 1 heterocycles. The van der Waals surface area contributed by atoms with Gasteiger partial charge in [0.2, 0.25) is 5.91 Å². The van der Waals surface area contributed by atoms with Gasteiger partial charge < -0.3 is 15.1 Å². The summed E-state index contributed by atoms with van der Waals surface area (Å²) in [6.07, 6.45) is 0. The molecule has 1 aliphatic heterocycles. The lowest BCUT2D eigenvalue weighted by atomic mass is 10.1. The van der Waals surface area contributed by atoms with E-state index in [4.69, 9.17) is 0 Å². The highest BCUT2D eigenvalue weighted by molar-refractivity contribution is 6.39. The fourth-order valence-corrected chi connectivity index (χ4v) is 2.41. The number of carbonyl (C=O) groups is 3. The maximum Gasteiger partial charge on any atom is 0.313 e. The Balaban J connectivity index is 1.97. The number of amides is 3. The minimum absolute atomic E-state index is 0.00747. The summed E-state index contributed by atoms with van der Waals surface area (Å²) >= 11 is 0. The van der Waals surface area contributed by atoms with Crippen LogP contribution in [-0.4, -0.2) is 53.7 Å². The number of hydrogen-bond donors (Lipinski definition) is 1. The van der Waals surface area contributed by atoms with Gasteiger partial charge >= 0.3 is 11.8 Å². The lowest BCUT2D eigenvalue weighted by Crippen LogP contribution is -2.52. The number of aryl methyl sites for hydroxylation is 2. The van der Waals surface area contributed by atoms with Crippen LogP contribution in [-0.2, 0) is 14.4 Å². The van der Waals surface area contributed by atoms with Crippen molar-refractivity contribution in [1.29, 1.82) is 0 Å². The van der Waals surface area contributed by atoms with Crippen LogP contribution in [0.2, 0.25) is 0 Å². The first-order valence-electron chi connectivity index (χ1n) is 7.31. The van der Waals surface area contributed by atoms with Crippen LogP contribution in [0.25, 0.3) is 0 Å². The molecule has 1 saturated heterocycles. The summed E-state index contributed by atoms with van der Waals surface area (Å²) in [5, 5.41) is 2.67. The zero-order valence-electron chi connectivity index (χ0n) is 13.2. The average molecular weight is 303 g/mol. The van der Waals surface area contributed by atoms with E-state index in [1.165, 1.54) is 11.8 Å². The molecule has 6 heteroatoms. The Morgan fingerprint density at radius 3 is 2.18 bits per heavy atom. The highest BCUT2D eigenvalue weighted by Gasteiger charge is 2.27. The van der Waals surface area contributed by atoms with Crippen molar-refractivity contribution in [3.05, 3.63) is 29.3 Å². The van der Waals surface area contributed by atoms with Crippen LogP contribution in [0.4, 0.5) is 5.69 Å². The molecule has 2 rings (SSSR count). The van der Waals surface area contributed by atoms with Crippen LogP contribution in [0.15, 0.2) is 18.2 Å². The number of carbonyl (C=O) groups excluding carboxylic acids is 3. The number of rotatable bonds is 1. The van der Waals surface area contributed by atoms with Crippen molar-refractivity contribution in [1.82, 2.24) is 9.80 Å². The minimum atomic E-state index is -0.634. The molecule has 1 N–H and O–H groups in total. The molecule has 22 heavy (non-hydrogen) atoms. The number of nitrogens with zero attached hydrogens (tertiary/aromatic N) is 2. The zero-order chi connectivity index (χ0) is 16.3. The quantitative estimate of drug-likeness (QED) is 0.785. The molecule has 1 aromatic carbocycles. The van der Waals surface area contributed by atoms with Crippen LogP contribution >= 0.6 is 0 Å². The van der Waals surface area contributed by atoms with Crippen molar-refractivity contribution in [3.8, 4) is 0 Å². The second kappa shape index (κ2) is 6.60. The first kappa shape index (κ1) is 16.0. The zero-order valence-corrected chi connectivity index (χ0v) is 13.2. The second-order valence-corrected chi connectivity index (χ2v) is 5.57. The van der Waals surface area contributed by atoms with E-state index in [1.54, 1.807) is 4.90 Å². The van der Waals surface area contributed by atoms with Gasteiger partial charge in [0.25, 0.3) is 0 Å². The van der Waals surface area contributed by atoms with Gasteiger partial charge in [0.1, 0.15) is 0 Å². The molecule has 0 spiro atoms. The highest BCUT2D eigenvalue weighted by Crippen LogP contribution is 2.16. The molecule has 1 fully saturated rings. The summed E-state index contributed by atoms with van der Waals surface area (Å²) in [6, 6.07) is 5.70. The molecule has 6 nitrogen and oxygen atoms in total. The summed E-state index contributed by atoms with van der Waals surface area (Å²) < 4.78 is 0. The van der Waals surface area contributed by atoms with Crippen molar-refractivity contribution >= 4 is 23.4 Å². The monoisotopic (exact) mass is 303 g/mol. The molecule has 0 aromatic heterocycles. The summed E-state index contributed by atoms with van der Waals surface area (Å²) in [6.45, 7) is 7.03. The van der Waals surface area contributed by atoms with Gasteiger partial charge in [0.05, 0.1) is 0 Å². The van der Waals surface area contributed by atoms with Gasteiger partial charge in [-0.2, -0.15) is 0 Å². The summed E-state index contributed by atoms with van der Waals surface area (Å²) in [7, 11) is 0. The topological polar surface area (TPSA) is 69.7 Å². The molecule has 0 radical (unpaired) electrons. The lowest BCUT2D eigenvalue weighted by molar-refractivity contribution is -0.145. The Hall–Kier alpha value is -2.37. The largest absolute Gasteiger partial charge is 0.339 e. The van der Waals surface area contributed by atoms with E-state index < -0.39 is 11.8 Å². The van der Waals surface area contributed by atoms with Crippen molar-refractivity contribution in [3.63, 3.8) is 0 Å². The van der Waals surface area contributed by atoms with E-state index >= 15 is 0 Å². The van der Waals surface area contributed by atoms with Crippen molar-refractivity contribution in [2.45, 2.75) is 20.8 Å². The molecule has 118 valence electrons. The molecule has 0 aliphatic carbocycles. The van der Waals surface area contributed by atoms with Gasteiger partial charge in [-0.25, -0.2) is 0 Å². The number of benzene rings is 1. The summed E-state index contributed by atoms with van der Waals surface area (Å²) in [5.74, 6) is -1.19. The predicted octanol–water partition coefficient (Wildman–Crippen LogP) is 0.933. The lowest BCUT2D eigenvalue weighted by Gasteiger charge is -2.33. The van der Waals surface area contributed by atoms with Crippen LogP contribution in [0.1, 0.15) is 18.1 Å². The Kier molecular flexibility index (Phi) is 4.80. The third kappa shape index (κ3) is 3.63. The van der Waals surface area contributed by atoms with E-state index in [2.05, 4.69) is 5.32 Å². The van der Waals surface area contributed by atoms with Gasteiger partial charge in [-0.1, -0.05) is 12.1 Å². The van der Waals surface area contributed by atoms with Crippen molar-refractivity contribution < 1.29 is 14.4 Å². The van der Waals surface area contributed by atoms with E-state index in [0.29, 0.717) is 31.9 Å². The predicted molar refractivity (Wildman–Crippen MR) is 83.4 cm³/mol. The Labute approximate surface area is 130 Å². The maximum atomic E-state index is 12.2. The molecule has 1 aromatic rings. The fraction of sp³-hybridized carbons (Fsp3) is 0.438. The number of piperazine rings is 1. The van der Waals surface area contributed by atoms with Gasteiger partial charge in [-0.05, 0) is 31.0 Å². The van der Waals surface area contributed by atoms with E-state index in [1.807, 2.05) is 32.0 Å². The van der Waals surface area contributed by atoms with Gasteiger partial charge in [-0.15, -0.1) is 0 Å². The Bertz CT molecular complexity index is 605. The molecule has 0 atom stereocenters. The van der Waals surface area contributed by atoms with Crippen molar-refractivity contribution in [2.24, 2.45) is 0 Å². The summed E-state index contributed by atoms with van der Waals surface area (Å²) in [4.78, 5) is 38.7. The van der Waals surface area contributed by atoms with E-state index in [0.717, 1.165) is 11.1 Å². The molecular weight excluding hydrogens is 282 g/mol.